The highest BCUT2D eigenvalue weighted by Crippen LogP contribution is 2.33. The minimum absolute atomic E-state index is 0.0628. The van der Waals surface area contributed by atoms with Crippen LogP contribution in [0.3, 0.4) is 0 Å². The van der Waals surface area contributed by atoms with E-state index in [0.717, 1.165) is 16.6 Å². The van der Waals surface area contributed by atoms with Crippen LogP contribution < -0.4 is 4.74 Å². The molecule has 0 aliphatic carbocycles. The van der Waals surface area contributed by atoms with Crippen LogP contribution in [0.2, 0.25) is 0 Å². The maximum Gasteiger partial charge on any atom is 0.295 e. The number of ketones is 1. The summed E-state index contributed by atoms with van der Waals surface area (Å²) in [5, 5.41) is 0.659. The number of carbonyl (C=O) groups is 2. The zero-order valence-corrected chi connectivity index (χ0v) is 19.7. The molecule has 0 atom stereocenters. The number of carbonyl (C=O) groups excluding carboxylic acids is 2. The molecule has 1 heterocycles. The van der Waals surface area contributed by atoms with E-state index in [1.54, 1.807) is 11.1 Å². The third-order valence-corrected chi connectivity index (χ3v) is 5.01. The summed E-state index contributed by atoms with van der Waals surface area (Å²) in [7, 11) is 0. The Bertz CT molecular complexity index is 1010. The Hall–Kier alpha value is -3.08. The number of fused-ring (bicyclic) bond motifs is 1. The molecule has 1 aromatic heterocycles. The smallest absolute Gasteiger partial charge is 0.295 e. The molecule has 0 radical (unpaired) electrons. The highest BCUT2D eigenvalue weighted by molar-refractivity contribution is 6.45. The van der Waals surface area contributed by atoms with Crippen molar-refractivity contribution in [2.75, 3.05) is 0 Å². The number of aromatic nitrogens is 1. The molecular weight excluding hydrogens is 388 g/mol. The fourth-order valence-electron chi connectivity index (χ4n) is 3.69. The number of rotatable bonds is 7. The first kappa shape index (κ1) is 24.2. The van der Waals surface area contributed by atoms with Crippen molar-refractivity contribution in [3.8, 4) is 5.75 Å². The number of hydrogen-bond donors (Lipinski definition) is 1. The maximum atomic E-state index is 13.1. The fraction of sp³-hybridized carbons (Fsp3) is 0.385. The molecule has 0 unspecified atom stereocenters. The van der Waals surface area contributed by atoms with Crippen molar-refractivity contribution < 1.29 is 14.3 Å². The Morgan fingerprint density at radius 1 is 0.968 bits per heavy atom. The molecule has 5 nitrogen and oxygen atoms in total. The third kappa shape index (κ3) is 5.35. The van der Waals surface area contributed by atoms with E-state index in [1.165, 1.54) is 0 Å². The van der Waals surface area contributed by atoms with Crippen LogP contribution in [0, 0.1) is 6.92 Å². The molecule has 5 heteroatoms. The molecule has 0 fully saturated rings. The Morgan fingerprint density at radius 3 is 2.16 bits per heavy atom. The Labute approximate surface area is 185 Å². The summed E-state index contributed by atoms with van der Waals surface area (Å²) in [4.78, 5) is 30.8. The lowest BCUT2D eigenvalue weighted by molar-refractivity contribution is -0.129. The average molecular weight is 423 g/mol. The van der Waals surface area contributed by atoms with Crippen LogP contribution in [0.15, 0.2) is 48.7 Å². The number of nitrogens with zero attached hydrogens (tertiary/aromatic N) is 1. The van der Waals surface area contributed by atoms with Gasteiger partial charge in [-0.15, -0.1) is 0 Å². The number of Topliss-reactive ketones (excluding diaryl/α,β-unsaturated/α-hetero) is 1. The monoisotopic (exact) mass is 422 g/mol. The van der Waals surface area contributed by atoms with Gasteiger partial charge in [-0.1, -0.05) is 50.2 Å². The van der Waals surface area contributed by atoms with Crippen molar-refractivity contribution in [1.29, 1.82) is 0 Å². The zero-order valence-electron chi connectivity index (χ0n) is 19.7. The number of hydrogen-bond acceptors (Lipinski definition) is 3. The summed E-state index contributed by atoms with van der Waals surface area (Å²) in [6.07, 6.45) is 1.61. The number of H-pyrrole nitrogens is 1. The minimum Gasteiger partial charge on any atom is -0.488 e. The third-order valence-electron chi connectivity index (χ3n) is 5.01. The van der Waals surface area contributed by atoms with Gasteiger partial charge in [-0.25, -0.2) is 0 Å². The van der Waals surface area contributed by atoms with Gasteiger partial charge in [0, 0.05) is 23.8 Å². The molecule has 0 aliphatic rings. The van der Waals surface area contributed by atoms with E-state index >= 15 is 0 Å². The van der Waals surface area contributed by atoms with Gasteiger partial charge in [-0.05, 0) is 51.8 Å². The van der Waals surface area contributed by atoms with E-state index in [9.17, 15) is 9.59 Å². The number of benzene rings is 2. The summed E-state index contributed by atoms with van der Waals surface area (Å²) in [6.45, 7) is 14.0. The van der Waals surface area contributed by atoms with Crippen LogP contribution in [0.4, 0.5) is 0 Å². The van der Waals surface area contributed by atoms with Crippen molar-refractivity contribution in [1.82, 2.24) is 9.88 Å². The molecule has 0 bridgehead atoms. The Balaban J connectivity index is 0.00000166. The summed E-state index contributed by atoms with van der Waals surface area (Å²) in [5.41, 5.74) is 3.08. The van der Waals surface area contributed by atoms with Gasteiger partial charge in [-0.3, -0.25) is 9.59 Å². The van der Waals surface area contributed by atoms with E-state index in [2.05, 4.69) is 4.98 Å². The average Bonchev–Trinajstić information content (AvgIpc) is 3.18. The van der Waals surface area contributed by atoms with Gasteiger partial charge in [0.1, 0.15) is 12.4 Å². The number of aromatic amines is 1. The molecule has 0 spiro atoms. The summed E-state index contributed by atoms with van der Waals surface area (Å²) >= 11 is 0. The number of aryl methyl sites for hydroxylation is 1. The van der Waals surface area contributed by atoms with Gasteiger partial charge in [0.2, 0.25) is 0 Å². The van der Waals surface area contributed by atoms with Crippen LogP contribution in [0.5, 0.6) is 5.75 Å². The van der Waals surface area contributed by atoms with Crippen LogP contribution in [0.25, 0.3) is 10.9 Å². The van der Waals surface area contributed by atoms with Crippen LogP contribution >= 0.6 is 0 Å². The lowest BCUT2D eigenvalue weighted by Gasteiger charge is -2.30. The SMILES string of the molecule is CC.Cc1ccc2[nH]cc(C(=O)C(=O)N(C(C)C)C(C)C)c2c1OCc1ccccc1. The molecule has 1 N–H and O–H groups in total. The number of nitrogens with one attached hydrogen (secondary N) is 1. The quantitative estimate of drug-likeness (QED) is 0.380. The second kappa shape index (κ2) is 10.8. The highest BCUT2D eigenvalue weighted by Gasteiger charge is 2.30. The van der Waals surface area contributed by atoms with E-state index in [0.29, 0.717) is 23.3 Å². The van der Waals surface area contributed by atoms with Crippen LogP contribution in [-0.2, 0) is 11.4 Å². The molecular formula is C26H34N2O3. The van der Waals surface area contributed by atoms with Crippen molar-refractivity contribution >= 4 is 22.6 Å². The number of amides is 1. The van der Waals surface area contributed by atoms with Gasteiger partial charge in [-0.2, -0.15) is 0 Å². The van der Waals surface area contributed by atoms with Gasteiger partial charge < -0.3 is 14.6 Å². The predicted molar refractivity (Wildman–Crippen MR) is 127 cm³/mol. The molecule has 0 saturated carbocycles. The van der Waals surface area contributed by atoms with Crippen molar-refractivity contribution in [2.24, 2.45) is 0 Å². The second-order valence-corrected chi connectivity index (χ2v) is 7.84. The van der Waals surface area contributed by atoms with Crippen LogP contribution in [0.1, 0.15) is 63.0 Å². The largest absolute Gasteiger partial charge is 0.488 e. The van der Waals surface area contributed by atoms with E-state index in [1.807, 2.05) is 90.9 Å². The molecule has 2 aromatic carbocycles. The molecule has 31 heavy (non-hydrogen) atoms. The van der Waals surface area contributed by atoms with Gasteiger partial charge in [0.05, 0.1) is 10.9 Å². The predicted octanol–water partition coefficient (Wildman–Crippen LogP) is 5.91. The zero-order chi connectivity index (χ0) is 23.1. The van der Waals surface area contributed by atoms with E-state index < -0.39 is 11.7 Å². The minimum atomic E-state index is -0.520. The van der Waals surface area contributed by atoms with Gasteiger partial charge in [0.25, 0.3) is 11.7 Å². The normalized spacial score (nSPS) is 10.7. The molecule has 3 aromatic rings. The van der Waals surface area contributed by atoms with E-state index in [4.69, 9.17) is 4.74 Å². The molecule has 3 rings (SSSR count). The van der Waals surface area contributed by atoms with Crippen molar-refractivity contribution in [3.63, 3.8) is 0 Å². The Morgan fingerprint density at radius 2 is 1.58 bits per heavy atom. The first-order chi connectivity index (χ1) is 14.8. The first-order valence-electron chi connectivity index (χ1n) is 11.0. The summed E-state index contributed by atoms with van der Waals surface area (Å²) in [5.74, 6) is -0.385. The first-order valence-corrected chi connectivity index (χ1v) is 11.0. The lowest BCUT2D eigenvalue weighted by atomic mass is 10.0. The topological polar surface area (TPSA) is 62.4 Å². The molecule has 0 aliphatic heterocycles. The summed E-state index contributed by atoms with van der Waals surface area (Å²) < 4.78 is 6.12. The highest BCUT2D eigenvalue weighted by atomic mass is 16.5. The van der Waals surface area contributed by atoms with Gasteiger partial charge >= 0.3 is 0 Å². The van der Waals surface area contributed by atoms with Gasteiger partial charge in [0.15, 0.2) is 0 Å². The fourth-order valence-corrected chi connectivity index (χ4v) is 3.69. The number of ether oxygens (including phenoxy) is 1. The van der Waals surface area contributed by atoms with Crippen molar-refractivity contribution in [2.45, 2.75) is 67.2 Å². The standard InChI is InChI=1S/C24H28N2O3.C2H6/c1-15(2)26(16(3)4)24(28)22(27)19-13-25-20-12-11-17(5)23(21(19)20)29-14-18-9-7-6-8-10-18;1-2/h6-13,15-16,25H,14H2,1-5H3;1-2H3. The molecule has 166 valence electrons. The maximum absolute atomic E-state index is 13.1. The lowest BCUT2D eigenvalue weighted by Crippen LogP contribution is -2.45. The van der Waals surface area contributed by atoms with E-state index in [-0.39, 0.29) is 12.1 Å². The molecule has 0 saturated heterocycles. The summed E-state index contributed by atoms with van der Waals surface area (Å²) in [6, 6.07) is 13.6. The molecule has 1 amide bonds. The second-order valence-electron chi connectivity index (χ2n) is 7.84. The van der Waals surface area contributed by atoms with Crippen LogP contribution in [-0.4, -0.2) is 33.7 Å². The Kier molecular flexibility index (Phi) is 8.43. The van der Waals surface area contributed by atoms with Crippen molar-refractivity contribution in [3.05, 3.63) is 65.4 Å².